The van der Waals surface area contributed by atoms with Crippen LogP contribution in [-0.2, 0) is 9.53 Å². The number of ether oxygens (including phenoxy) is 1. The average molecular weight is 361 g/mol. The Hall–Kier alpha value is -2.29. The van der Waals surface area contributed by atoms with Crippen molar-refractivity contribution < 1.29 is 24.5 Å². The van der Waals surface area contributed by atoms with E-state index in [1.807, 2.05) is 0 Å². The summed E-state index contributed by atoms with van der Waals surface area (Å²) in [5.41, 5.74) is -0.523. The second-order valence-electron chi connectivity index (χ2n) is 6.65. The van der Waals surface area contributed by atoms with Gasteiger partial charge in [-0.3, -0.25) is 9.59 Å². The predicted molar refractivity (Wildman–Crippen MR) is 95.0 cm³/mol. The van der Waals surface area contributed by atoms with Gasteiger partial charge in [-0.25, -0.2) is 0 Å². The van der Waals surface area contributed by atoms with E-state index in [0.717, 1.165) is 5.01 Å². The third-order valence-corrected chi connectivity index (χ3v) is 5.08. The van der Waals surface area contributed by atoms with Crippen LogP contribution in [0.3, 0.4) is 0 Å². The van der Waals surface area contributed by atoms with Crippen LogP contribution in [0.25, 0.3) is 0 Å². The minimum Gasteiger partial charge on any atom is -0.388 e. The number of aliphatic hydroxyl groups excluding tert-OH is 1. The first-order chi connectivity index (χ1) is 12.3. The Morgan fingerprint density at radius 2 is 2.19 bits per heavy atom. The molecular formula is C18H23N3O5. The van der Waals surface area contributed by atoms with Crippen LogP contribution in [0.15, 0.2) is 29.4 Å². The summed E-state index contributed by atoms with van der Waals surface area (Å²) in [5, 5.41) is 25.7. The lowest BCUT2D eigenvalue weighted by Crippen LogP contribution is -2.45. The molecule has 1 unspecified atom stereocenters. The van der Waals surface area contributed by atoms with E-state index in [-0.39, 0.29) is 25.5 Å². The van der Waals surface area contributed by atoms with Crippen molar-refractivity contribution >= 4 is 23.2 Å². The molecule has 2 N–H and O–H groups in total. The van der Waals surface area contributed by atoms with Gasteiger partial charge in [0.05, 0.1) is 36.8 Å². The first-order valence-corrected chi connectivity index (χ1v) is 8.55. The van der Waals surface area contributed by atoms with E-state index >= 15 is 0 Å². The quantitative estimate of drug-likeness (QED) is 0.807. The van der Waals surface area contributed by atoms with Gasteiger partial charge in [0.1, 0.15) is 0 Å². The summed E-state index contributed by atoms with van der Waals surface area (Å²) < 4.78 is 5.20. The summed E-state index contributed by atoms with van der Waals surface area (Å²) in [6.45, 7) is 3.80. The average Bonchev–Trinajstić information content (AvgIpc) is 3.17. The van der Waals surface area contributed by atoms with E-state index < -0.39 is 23.7 Å². The number of likely N-dealkylation sites (N-methyl/N-ethyl adjacent to an activating group) is 1. The van der Waals surface area contributed by atoms with Crippen molar-refractivity contribution in [3.8, 4) is 0 Å². The molecule has 0 bridgehead atoms. The molecule has 0 spiro atoms. The number of nitrogens with zero attached hydrogens (tertiary/aromatic N) is 3. The summed E-state index contributed by atoms with van der Waals surface area (Å²) in [4.78, 5) is 26.7. The summed E-state index contributed by atoms with van der Waals surface area (Å²) >= 11 is 0. The van der Waals surface area contributed by atoms with Gasteiger partial charge in [-0.1, -0.05) is 13.0 Å². The lowest BCUT2D eigenvalue weighted by molar-refractivity contribution is -0.129. The third kappa shape index (κ3) is 2.90. The van der Waals surface area contributed by atoms with E-state index in [2.05, 4.69) is 5.10 Å². The topological polar surface area (TPSA) is 103 Å². The summed E-state index contributed by atoms with van der Waals surface area (Å²) in [5.74, 6) is -0.824. The third-order valence-electron chi connectivity index (χ3n) is 5.08. The number of carbonyl (C=O) groups is 2. The van der Waals surface area contributed by atoms with Gasteiger partial charge in [-0.2, -0.15) is 10.1 Å². The van der Waals surface area contributed by atoms with Crippen LogP contribution in [0.1, 0.15) is 30.6 Å². The van der Waals surface area contributed by atoms with Crippen molar-refractivity contribution in [2.45, 2.75) is 38.0 Å². The molecule has 0 radical (unpaired) electrons. The van der Waals surface area contributed by atoms with Crippen LogP contribution >= 0.6 is 0 Å². The van der Waals surface area contributed by atoms with E-state index in [1.54, 1.807) is 45.2 Å². The molecule has 0 aliphatic carbocycles. The molecule has 1 aromatic rings. The molecule has 1 fully saturated rings. The first-order valence-electron chi connectivity index (χ1n) is 8.55. The van der Waals surface area contributed by atoms with Gasteiger partial charge in [0.15, 0.2) is 5.60 Å². The molecule has 2 aliphatic heterocycles. The number of benzene rings is 1. The molecule has 3 atom stereocenters. The molecule has 1 saturated heterocycles. The van der Waals surface area contributed by atoms with Crippen LogP contribution in [0.4, 0.5) is 5.69 Å². The van der Waals surface area contributed by atoms with Crippen LogP contribution in [0, 0.1) is 0 Å². The lowest BCUT2D eigenvalue weighted by atomic mass is 9.95. The number of aliphatic hydroxyl groups is 2. The largest absolute Gasteiger partial charge is 0.388 e. The molecule has 2 amide bonds. The molecule has 8 heteroatoms. The molecular weight excluding hydrogens is 338 g/mol. The number of amides is 2. The maximum Gasteiger partial charge on any atom is 0.285 e. The fourth-order valence-electron chi connectivity index (χ4n) is 3.22. The Morgan fingerprint density at radius 3 is 2.77 bits per heavy atom. The molecule has 0 saturated carbocycles. The van der Waals surface area contributed by atoms with E-state index in [0.29, 0.717) is 17.0 Å². The summed E-state index contributed by atoms with van der Waals surface area (Å²) in [6, 6.07) is 6.08. The SMILES string of the molecule is CCC1(O)C(=O)N(c2cccc(C(=O)N(C)[C@H]3COC[C@@H]3O)c2)N=C1C. The van der Waals surface area contributed by atoms with E-state index in [9.17, 15) is 19.8 Å². The number of anilines is 1. The standard InChI is InChI=1S/C18H23N3O5/c1-4-18(25)11(2)19-21(17(18)24)13-7-5-6-12(8-13)16(23)20(3)14-9-26-10-15(14)22/h5-8,14-15,22,25H,4,9-10H2,1-3H3/t14-,15-,18?/m0/s1. The number of hydrazone groups is 1. The monoisotopic (exact) mass is 361 g/mol. The van der Waals surface area contributed by atoms with Crippen molar-refractivity contribution in [1.82, 2.24) is 4.90 Å². The maximum absolute atomic E-state index is 12.7. The van der Waals surface area contributed by atoms with Crippen molar-refractivity contribution in [2.75, 3.05) is 25.3 Å². The fourth-order valence-corrected chi connectivity index (χ4v) is 3.22. The lowest BCUT2D eigenvalue weighted by Gasteiger charge is -2.26. The van der Waals surface area contributed by atoms with Crippen LogP contribution < -0.4 is 5.01 Å². The van der Waals surface area contributed by atoms with Gasteiger partial charge in [-0.05, 0) is 31.5 Å². The molecule has 26 heavy (non-hydrogen) atoms. The zero-order valence-electron chi connectivity index (χ0n) is 15.0. The second-order valence-corrected chi connectivity index (χ2v) is 6.65. The van der Waals surface area contributed by atoms with Crippen molar-refractivity contribution in [1.29, 1.82) is 0 Å². The Bertz CT molecular complexity index is 765. The normalized spacial score (nSPS) is 28.4. The number of hydrogen-bond acceptors (Lipinski definition) is 6. The van der Waals surface area contributed by atoms with Gasteiger partial charge in [0.2, 0.25) is 0 Å². The van der Waals surface area contributed by atoms with Crippen LogP contribution in [0.2, 0.25) is 0 Å². The molecule has 140 valence electrons. The summed E-state index contributed by atoms with van der Waals surface area (Å²) in [6.07, 6.45) is -0.502. The Morgan fingerprint density at radius 1 is 1.46 bits per heavy atom. The second kappa shape index (κ2) is 6.79. The number of rotatable bonds is 4. The minimum atomic E-state index is -1.61. The summed E-state index contributed by atoms with van der Waals surface area (Å²) in [7, 11) is 1.61. The highest BCUT2D eigenvalue weighted by Gasteiger charge is 2.46. The zero-order chi connectivity index (χ0) is 19.1. The van der Waals surface area contributed by atoms with Gasteiger partial charge in [-0.15, -0.1) is 0 Å². The molecule has 2 aliphatic rings. The van der Waals surface area contributed by atoms with E-state index in [1.165, 1.54) is 4.90 Å². The first kappa shape index (κ1) is 18.5. The van der Waals surface area contributed by atoms with E-state index in [4.69, 9.17) is 4.74 Å². The van der Waals surface area contributed by atoms with Crippen LogP contribution in [-0.4, -0.2) is 70.6 Å². The van der Waals surface area contributed by atoms with Gasteiger partial charge >= 0.3 is 0 Å². The molecule has 8 nitrogen and oxygen atoms in total. The maximum atomic E-state index is 12.7. The smallest absolute Gasteiger partial charge is 0.285 e. The Kier molecular flexibility index (Phi) is 4.83. The van der Waals surface area contributed by atoms with Gasteiger partial charge in [0.25, 0.3) is 11.8 Å². The molecule has 1 aromatic carbocycles. The number of carbonyl (C=O) groups excluding carboxylic acids is 2. The highest BCUT2D eigenvalue weighted by Crippen LogP contribution is 2.29. The molecule has 0 aromatic heterocycles. The zero-order valence-corrected chi connectivity index (χ0v) is 15.0. The fraction of sp³-hybridized carbons (Fsp3) is 0.500. The minimum absolute atomic E-state index is 0.203. The molecule has 2 heterocycles. The van der Waals surface area contributed by atoms with Crippen molar-refractivity contribution in [3.05, 3.63) is 29.8 Å². The van der Waals surface area contributed by atoms with Gasteiger partial charge in [0, 0.05) is 12.6 Å². The Labute approximate surface area is 151 Å². The molecule has 3 rings (SSSR count). The Balaban J connectivity index is 1.85. The predicted octanol–water partition coefficient (Wildman–Crippen LogP) is 0.382. The number of hydrogen-bond donors (Lipinski definition) is 2. The van der Waals surface area contributed by atoms with Crippen LogP contribution in [0.5, 0.6) is 0 Å². The highest BCUT2D eigenvalue weighted by molar-refractivity contribution is 6.21. The highest BCUT2D eigenvalue weighted by atomic mass is 16.5. The van der Waals surface area contributed by atoms with Gasteiger partial charge < -0.3 is 19.8 Å². The van der Waals surface area contributed by atoms with Crippen molar-refractivity contribution in [2.24, 2.45) is 5.10 Å². The van der Waals surface area contributed by atoms with Crippen molar-refractivity contribution in [3.63, 3.8) is 0 Å².